The molecule has 0 amide bonds. The first kappa shape index (κ1) is 14.6. The van der Waals surface area contributed by atoms with Gasteiger partial charge in [-0.05, 0) is 49.5 Å². The van der Waals surface area contributed by atoms with Crippen LogP contribution < -0.4 is 10.2 Å². The van der Waals surface area contributed by atoms with E-state index in [1.807, 2.05) is 6.07 Å². The summed E-state index contributed by atoms with van der Waals surface area (Å²) in [5.41, 5.74) is 0.938. The highest BCUT2D eigenvalue weighted by Crippen LogP contribution is 2.26. The van der Waals surface area contributed by atoms with Crippen molar-refractivity contribution in [2.45, 2.75) is 20.3 Å². The summed E-state index contributed by atoms with van der Waals surface area (Å²) >= 11 is 5.71. The van der Waals surface area contributed by atoms with Gasteiger partial charge in [0.15, 0.2) is 0 Å². The average molecular weight is 285 g/mol. The fraction of sp³-hybridized carbons (Fsp3) is 0.600. The van der Waals surface area contributed by atoms with E-state index in [2.05, 4.69) is 24.1 Å². The molecule has 1 saturated heterocycles. The van der Waals surface area contributed by atoms with Gasteiger partial charge in [0.2, 0.25) is 0 Å². The average Bonchev–Trinajstić information content (AvgIpc) is 2.81. The Morgan fingerprint density at radius 2 is 2.26 bits per heavy atom. The van der Waals surface area contributed by atoms with Gasteiger partial charge in [-0.2, -0.15) is 0 Å². The molecule has 1 aromatic carbocycles. The first-order chi connectivity index (χ1) is 9.06. The molecule has 0 saturated carbocycles. The van der Waals surface area contributed by atoms with E-state index < -0.39 is 0 Å². The molecule has 0 spiro atoms. The second-order valence-electron chi connectivity index (χ2n) is 5.75. The molecule has 2 nitrogen and oxygen atoms in total. The van der Waals surface area contributed by atoms with E-state index in [-0.39, 0.29) is 10.8 Å². The summed E-state index contributed by atoms with van der Waals surface area (Å²) in [5.74, 6) is 1.00. The highest BCUT2D eigenvalue weighted by molar-refractivity contribution is 6.30. The van der Waals surface area contributed by atoms with Gasteiger partial charge in [-0.3, -0.25) is 0 Å². The zero-order chi connectivity index (χ0) is 13.8. The van der Waals surface area contributed by atoms with Crippen LogP contribution in [-0.2, 0) is 0 Å². The van der Waals surface area contributed by atoms with Gasteiger partial charge in [-0.25, -0.2) is 4.39 Å². The second-order valence-corrected chi connectivity index (χ2v) is 6.16. The van der Waals surface area contributed by atoms with E-state index in [4.69, 9.17) is 11.6 Å². The lowest BCUT2D eigenvalue weighted by Crippen LogP contribution is -2.28. The van der Waals surface area contributed by atoms with E-state index in [1.54, 1.807) is 6.07 Å². The molecule has 1 aromatic rings. The normalized spacial score (nSPS) is 19.4. The molecule has 0 aromatic heterocycles. The molecule has 19 heavy (non-hydrogen) atoms. The Kier molecular flexibility index (Phi) is 5.06. The third-order valence-corrected chi connectivity index (χ3v) is 3.85. The topological polar surface area (TPSA) is 15.3 Å². The highest BCUT2D eigenvalue weighted by Gasteiger charge is 2.22. The van der Waals surface area contributed by atoms with Crippen LogP contribution in [0, 0.1) is 17.7 Å². The van der Waals surface area contributed by atoms with Crippen LogP contribution in [-0.4, -0.2) is 26.2 Å². The Morgan fingerprint density at radius 1 is 1.47 bits per heavy atom. The molecule has 1 heterocycles. The predicted octanol–water partition coefficient (Wildman–Crippen LogP) is 3.55. The van der Waals surface area contributed by atoms with Crippen LogP contribution in [0.1, 0.15) is 20.3 Å². The van der Waals surface area contributed by atoms with Crippen molar-refractivity contribution in [1.29, 1.82) is 0 Å². The van der Waals surface area contributed by atoms with Crippen LogP contribution in [0.4, 0.5) is 10.1 Å². The number of benzene rings is 1. The van der Waals surface area contributed by atoms with Crippen LogP contribution in [0.2, 0.25) is 5.02 Å². The maximum atomic E-state index is 13.5. The van der Waals surface area contributed by atoms with Crippen LogP contribution >= 0.6 is 11.6 Å². The van der Waals surface area contributed by atoms with Crippen molar-refractivity contribution in [1.82, 2.24) is 5.32 Å². The number of nitrogens with zero attached hydrogens (tertiary/aromatic N) is 1. The number of rotatable bonds is 5. The first-order valence-corrected chi connectivity index (χ1v) is 7.34. The molecule has 1 aliphatic rings. The molecule has 106 valence electrons. The van der Waals surface area contributed by atoms with Gasteiger partial charge in [-0.15, -0.1) is 0 Å². The fourth-order valence-corrected chi connectivity index (χ4v) is 2.61. The molecule has 1 N–H and O–H groups in total. The van der Waals surface area contributed by atoms with Crippen LogP contribution in [0.3, 0.4) is 0 Å². The minimum Gasteiger partial charge on any atom is -0.371 e. The lowest BCUT2D eigenvalue weighted by Gasteiger charge is -2.19. The Hall–Kier alpha value is -0.800. The SMILES string of the molecule is CC(C)CNCC1CCN(c2ccc(Cl)c(F)c2)C1. The fourth-order valence-electron chi connectivity index (χ4n) is 2.49. The molecular weight excluding hydrogens is 263 g/mol. The number of halogens is 2. The highest BCUT2D eigenvalue weighted by atomic mass is 35.5. The zero-order valence-electron chi connectivity index (χ0n) is 11.6. The van der Waals surface area contributed by atoms with E-state index in [9.17, 15) is 4.39 Å². The lowest BCUT2D eigenvalue weighted by molar-refractivity contribution is 0.477. The Morgan fingerprint density at radius 3 is 2.95 bits per heavy atom. The van der Waals surface area contributed by atoms with Gasteiger partial charge >= 0.3 is 0 Å². The monoisotopic (exact) mass is 284 g/mol. The summed E-state index contributed by atoms with van der Waals surface area (Å²) in [6.07, 6.45) is 1.16. The molecule has 1 aliphatic heterocycles. The van der Waals surface area contributed by atoms with Gasteiger partial charge < -0.3 is 10.2 Å². The first-order valence-electron chi connectivity index (χ1n) is 6.97. The van der Waals surface area contributed by atoms with E-state index in [0.29, 0.717) is 11.8 Å². The molecule has 0 aliphatic carbocycles. The number of nitrogens with one attached hydrogen (secondary N) is 1. The van der Waals surface area contributed by atoms with Crippen molar-refractivity contribution in [3.8, 4) is 0 Å². The summed E-state index contributed by atoms with van der Waals surface area (Å²) in [6, 6.07) is 5.07. The van der Waals surface area contributed by atoms with Crippen LogP contribution in [0.5, 0.6) is 0 Å². The Balaban J connectivity index is 1.85. The molecule has 1 unspecified atom stereocenters. The smallest absolute Gasteiger partial charge is 0.143 e. The van der Waals surface area contributed by atoms with Crippen molar-refractivity contribution in [3.63, 3.8) is 0 Å². The summed E-state index contributed by atoms with van der Waals surface area (Å²) in [6.45, 7) is 8.52. The maximum Gasteiger partial charge on any atom is 0.143 e. The van der Waals surface area contributed by atoms with Gasteiger partial charge in [0.1, 0.15) is 5.82 Å². The van der Waals surface area contributed by atoms with E-state index in [1.165, 1.54) is 6.07 Å². The summed E-state index contributed by atoms with van der Waals surface area (Å²) in [4.78, 5) is 2.24. The Bertz CT molecular complexity index is 423. The zero-order valence-corrected chi connectivity index (χ0v) is 12.4. The molecule has 1 atom stereocenters. The lowest BCUT2D eigenvalue weighted by atomic mass is 10.1. The van der Waals surface area contributed by atoms with Crippen molar-refractivity contribution in [2.75, 3.05) is 31.1 Å². The molecule has 4 heteroatoms. The second kappa shape index (κ2) is 6.58. The number of hydrogen-bond donors (Lipinski definition) is 1. The molecular formula is C15H22ClFN2. The molecule has 0 radical (unpaired) electrons. The van der Waals surface area contributed by atoms with Gasteiger partial charge in [-0.1, -0.05) is 25.4 Å². The van der Waals surface area contributed by atoms with Gasteiger partial charge in [0.05, 0.1) is 5.02 Å². The predicted molar refractivity (Wildman–Crippen MR) is 79.4 cm³/mol. The summed E-state index contributed by atoms with van der Waals surface area (Å²) in [5, 5.41) is 3.69. The third-order valence-electron chi connectivity index (χ3n) is 3.54. The molecule has 0 bridgehead atoms. The van der Waals surface area contributed by atoms with E-state index >= 15 is 0 Å². The largest absolute Gasteiger partial charge is 0.371 e. The van der Waals surface area contributed by atoms with Crippen LogP contribution in [0.25, 0.3) is 0 Å². The van der Waals surface area contributed by atoms with Crippen molar-refractivity contribution < 1.29 is 4.39 Å². The summed E-state index contributed by atoms with van der Waals surface area (Å²) in [7, 11) is 0. The summed E-state index contributed by atoms with van der Waals surface area (Å²) < 4.78 is 13.5. The maximum absolute atomic E-state index is 13.5. The quantitative estimate of drug-likeness (QED) is 0.889. The standard InChI is InChI=1S/C15H22ClFN2/c1-11(2)8-18-9-12-5-6-19(10-12)13-3-4-14(16)15(17)7-13/h3-4,7,11-12,18H,5-6,8-10H2,1-2H3. The van der Waals surface area contributed by atoms with Crippen molar-refractivity contribution >= 4 is 17.3 Å². The molecule has 1 fully saturated rings. The minimum atomic E-state index is -0.333. The Labute approximate surface area is 119 Å². The number of anilines is 1. The minimum absolute atomic E-state index is 0.193. The van der Waals surface area contributed by atoms with Crippen molar-refractivity contribution in [2.24, 2.45) is 11.8 Å². The third kappa shape index (κ3) is 4.08. The van der Waals surface area contributed by atoms with E-state index in [0.717, 1.165) is 38.3 Å². The molecule has 2 rings (SSSR count). The van der Waals surface area contributed by atoms with Gasteiger partial charge in [0.25, 0.3) is 0 Å². The van der Waals surface area contributed by atoms with Crippen molar-refractivity contribution in [3.05, 3.63) is 29.0 Å². The van der Waals surface area contributed by atoms with Crippen LogP contribution in [0.15, 0.2) is 18.2 Å². The van der Waals surface area contributed by atoms with Gasteiger partial charge in [0, 0.05) is 18.8 Å². The number of hydrogen-bond acceptors (Lipinski definition) is 2.